The maximum Gasteiger partial charge on any atom is 0.334 e. The van der Waals surface area contributed by atoms with E-state index in [1.807, 2.05) is 4.72 Å². The van der Waals surface area contributed by atoms with Gasteiger partial charge in [0.15, 0.2) is 11.6 Å². The van der Waals surface area contributed by atoms with Crippen molar-refractivity contribution in [3.05, 3.63) is 61.7 Å². The van der Waals surface area contributed by atoms with E-state index in [0.29, 0.717) is 17.7 Å². The van der Waals surface area contributed by atoms with Gasteiger partial charge in [-0.3, -0.25) is 10.1 Å². The fourth-order valence-electron chi connectivity index (χ4n) is 2.98. The first-order valence-electron chi connectivity index (χ1n) is 9.24. The lowest BCUT2D eigenvalue weighted by Gasteiger charge is -2.09. The Hall–Kier alpha value is -3.65. The van der Waals surface area contributed by atoms with Crippen molar-refractivity contribution < 1.29 is 13.2 Å². The molecule has 1 aromatic carbocycles. The summed E-state index contributed by atoms with van der Waals surface area (Å²) in [5.74, 6) is 0.495. The first kappa shape index (κ1) is 21.6. The molecule has 0 bridgehead atoms. The Morgan fingerprint density at radius 2 is 2.03 bits per heavy atom. The molecule has 14 heteroatoms. The van der Waals surface area contributed by atoms with Crippen LogP contribution in [0.15, 0.2) is 50.5 Å². The minimum Gasteiger partial charge on any atom is -0.388 e. The number of urea groups is 1. The van der Waals surface area contributed by atoms with Gasteiger partial charge in [-0.2, -0.15) is 0 Å². The predicted molar refractivity (Wildman–Crippen MR) is 122 cm³/mol. The van der Waals surface area contributed by atoms with E-state index in [9.17, 15) is 22.8 Å². The number of thioether (sulfide) groups is 1. The first-order chi connectivity index (χ1) is 15.3. The number of aromatic nitrogens is 4. The molecular formula is C18H17N7O5S2. The van der Waals surface area contributed by atoms with Crippen molar-refractivity contribution in [2.75, 3.05) is 23.4 Å². The second kappa shape index (κ2) is 8.47. The van der Waals surface area contributed by atoms with Crippen LogP contribution < -0.4 is 26.6 Å². The summed E-state index contributed by atoms with van der Waals surface area (Å²) >= 11 is 1.14. The fourth-order valence-corrected chi connectivity index (χ4v) is 5.38. The Kier molecular flexibility index (Phi) is 5.71. The lowest BCUT2D eigenvalue weighted by Crippen LogP contribution is -2.35. The fraction of sp³-hybridized carbons (Fsp3) is 0.167. The summed E-state index contributed by atoms with van der Waals surface area (Å²) in [5, 5.41) is 5.45. The van der Waals surface area contributed by atoms with Gasteiger partial charge >= 0.3 is 11.7 Å². The van der Waals surface area contributed by atoms with Crippen molar-refractivity contribution in [2.24, 2.45) is 0 Å². The molecule has 32 heavy (non-hydrogen) atoms. The molecule has 0 atom stereocenters. The topological polar surface area (TPSA) is 168 Å². The van der Waals surface area contributed by atoms with E-state index in [1.54, 1.807) is 25.2 Å². The van der Waals surface area contributed by atoms with Gasteiger partial charge in [-0.05, 0) is 24.6 Å². The number of nitrogens with zero attached hydrogens (tertiary/aromatic N) is 3. The molecule has 2 aromatic heterocycles. The Bertz CT molecular complexity index is 1460. The number of H-pyrrole nitrogens is 1. The third kappa shape index (κ3) is 4.22. The number of aromatic amines is 1. The van der Waals surface area contributed by atoms with E-state index in [1.165, 1.54) is 6.08 Å². The SMILES string of the molecule is CNc1ccc2c(=O)n(-c3cnc(NC(=O)NS(=O)(=O)C4=CCCS4)cn3)c(=O)[nH]c2c1. The van der Waals surface area contributed by atoms with Crippen LogP contribution in [-0.4, -0.2) is 46.8 Å². The number of amides is 2. The van der Waals surface area contributed by atoms with Crippen LogP contribution in [0.3, 0.4) is 0 Å². The summed E-state index contributed by atoms with van der Waals surface area (Å²) < 4.78 is 27.0. The van der Waals surface area contributed by atoms with Gasteiger partial charge < -0.3 is 10.3 Å². The largest absolute Gasteiger partial charge is 0.388 e. The summed E-state index contributed by atoms with van der Waals surface area (Å²) in [7, 11) is -2.23. The number of sulfonamides is 1. The quantitative estimate of drug-likeness (QED) is 0.420. The van der Waals surface area contributed by atoms with Gasteiger partial charge in [0.2, 0.25) is 0 Å². The molecule has 2 amide bonds. The summed E-state index contributed by atoms with van der Waals surface area (Å²) in [6.07, 6.45) is 4.36. The molecule has 0 aliphatic carbocycles. The van der Waals surface area contributed by atoms with Gasteiger partial charge in [-0.15, -0.1) is 11.8 Å². The Labute approximate surface area is 185 Å². The summed E-state index contributed by atoms with van der Waals surface area (Å²) in [6.45, 7) is 0. The number of carbonyl (C=O) groups excluding carboxylic acids is 1. The lowest BCUT2D eigenvalue weighted by molar-refractivity contribution is 0.256. The highest BCUT2D eigenvalue weighted by atomic mass is 32.3. The molecule has 4 N–H and O–H groups in total. The highest BCUT2D eigenvalue weighted by Crippen LogP contribution is 2.28. The number of anilines is 2. The number of hydrogen-bond donors (Lipinski definition) is 4. The molecule has 4 rings (SSSR count). The Balaban J connectivity index is 1.56. The number of allylic oxidation sites excluding steroid dienone is 1. The van der Waals surface area contributed by atoms with E-state index < -0.39 is 27.3 Å². The molecule has 0 saturated heterocycles. The standard InChI is InChI=1S/C18H17N7O5S2/c1-19-10-4-5-11-12(7-10)22-18(28)25(16(11)26)14-9-20-13(8-21-14)23-17(27)24-32(29,30)15-3-2-6-31-15/h3-5,7-9,19H,2,6H2,1H3,(H,22,28)(H2,20,23,24,27). The maximum absolute atomic E-state index is 12.8. The van der Waals surface area contributed by atoms with Crippen LogP contribution in [0.25, 0.3) is 16.7 Å². The molecule has 0 unspecified atom stereocenters. The van der Waals surface area contributed by atoms with Gasteiger partial charge in [-0.1, -0.05) is 6.08 Å². The van der Waals surface area contributed by atoms with E-state index in [4.69, 9.17) is 0 Å². The molecule has 3 aromatic rings. The average molecular weight is 476 g/mol. The second-order valence-electron chi connectivity index (χ2n) is 6.56. The highest BCUT2D eigenvalue weighted by Gasteiger charge is 2.23. The smallest absolute Gasteiger partial charge is 0.334 e. The van der Waals surface area contributed by atoms with Crippen LogP contribution in [0.2, 0.25) is 0 Å². The lowest BCUT2D eigenvalue weighted by atomic mass is 10.2. The normalized spacial score (nSPS) is 13.6. The molecule has 0 saturated carbocycles. The zero-order chi connectivity index (χ0) is 22.9. The molecule has 3 heterocycles. The summed E-state index contributed by atoms with van der Waals surface area (Å²) in [4.78, 5) is 47.8. The van der Waals surface area contributed by atoms with Crippen molar-refractivity contribution in [1.82, 2.24) is 24.2 Å². The number of fused-ring (bicyclic) bond motifs is 1. The zero-order valence-electron chi connectivity index (χ0n) is 16.6. The third-order valence-electron chi connectivity index (χ3n) is 4.46. The molecule has 0 fully saturated rings. The minimum absolute atomic E-state index is 0.0677. The van der Waals surface area contributed by atoms with Crippen molar-refractivity contribution in [3.63, 3.8) is 0 Å². The van der Waals surface area contributed by atoms with Crippen LogP contribution >= 0.6 is 11.8 Å². The number of rotatable bonds is 5. The molecular weight excluding hydrogens is 458 g/mol. The Morgan fingerprint density at radius 1 is 1.22 bits per heavy atom. The van der Waals surface area contributed by atoms with Crippen molar-refractivity contribution >= 4 is 50.2 Å². The number of carbonyl (C=O) groups is 1. The molecule has 0 radical (unpaired) electrons. The third-order valence-corrected chi connectivity index (χ3v) is 7.51. The van der Waals surface area contributed by atoms with Crippen LogP contribution in [0.1, 0.15) is 6.42 Å². The van der Waals surface area contributed by atoms with E-state index in [0.717, 1.165) is 34.4 Å². The van der Waals surface area contributed by atoms with Gasteiger partial charge in [0.05, 0.1) is 23.3 Å². The highest BCUT2D eigenvalue weighted by molar-refractivity contribution is 8.18. The number of benzene rings is 1. The Morgan fingerprint density at radius 3 is 2.69 bits per heavy atom. The summed E-state index contributed by atoms with van der Waals surface area (Å²) in [5.41, 5.74) is -0.212. The van der Waals surface area contributed by atoms with Gasteiger partial charge in [0, 0.05) is 18.5 Å². The molecule has 1 aliphatic rings. The van der Waals surface area contributed by atoms with Gasteiger partial charge in [-0.25, -0.2) is 37.3 Å². The minimum atomic E-state index is -3.95. The number of nitrogens with one attached hydrogen (secondary N) is 4. The second-order valence-corrected chi connectivity index (χ2v) is 9.61. The van der Waals surface area contributed by atoms with Crippen LogP contribution in [0.4, 0.5) is 16.3 Å². The van der Waals surface area contributed by atoms with Crippen LogP contribution in [0.5, 0.6) is 0 Å². The van der Waals surface area contributed by atoms with Gasteiger partial charge in [0.1, 0.15) is 4.24 Å². The van der Waals surface area contributed by atoms with Crippen molar-refractivity contribution in [3.8, 4) is 5.82 Å². The molecule has 1 aliphatic heterocycles. The average Bonchev–Trinajstić information content (AvgIpc) is 3.30. The van der Waals surface area contributed by atoms with E-state index >= 15 is 0 Å². The van der Waals surface area contributed by atoms with Crippen molar-refractivity contribution in [2.45, 2.75) is 6.42 Å². The maximum atomic E-state index is 12.8. The number of hydrogen-bond acceptors (Lipinski definition) is 9. The predicted octanol–water partition coefficient (Wildman–Crippen LogP) is 0.940. The van der Waals surface area contributed by atoms with Crippen molar-refractivity contribution in [1.29, 1.82) is 0 Å². The molecule has 166 valence electrons. The van der Waals surface area contributed by atoms with Gasteiger partial charge in [0.25, 0.3) is 15.6 Å². The first-order valence-corrected chi connectivity index (χ1v) is 11.7. The molecule has 0 spiro atoms. The monoisotopic (exact) mass is 475 g/mol. The van der Waals surface area contributed by atoms with E-state index in [-0.39, 0.29) is 21.3 Å². The van der Waals surface area contributed by atoms with Crippen LogP contribution in [0, 0.1) is 0 Å². The van der Waals surface area contributed by atoms with E-state index in [2.05, 4.69) is 25.6 Å². The van der Waals surface area contributed by atoms with Crippen LogP contribution in [-0.2, 0) is 10.0 Å². The molecule has 12 nitrogen and oxygen atoms in total. The zero-order valence-corrected chi connectivity index (χ0v) is 18.2. The summed E-state index contributed by atoms with van der Waals surface area (Å²) in [6, 6.07) is 3.88.